The van der Waals surface area contributed by atoms with Crippen molar-refractivity contribution >= 4 is 11.6 Å². The molecule has 108 valence electrons. The maximum Gasteiger partial charge on any atom is 0.244 e. The number of ether oxygens (including phenoxy) is 1. The Bertz CT molecular complexity index is 610. The van der Waals surface area contributed by atoms with Crippen LogP contribution in [0.25, 0.3) is 0 Å². The summed E-state index contributed by atoms with van der Waals surface area (Å²) < 4.78 is 5.74. The van der Waals surface area contributed by atoms with Gasteiger partial charge >= 0.3 is 0 Å². The predicted octanol–water partition coefficient (Wildman–Crippen LogP) is 3.12. The van der Waals surface area contributed by atoms with Crippen LogP contribution in [0.15, 0.2) is 54.6 Å². The van der Waals surface area contributed by atoms with Gasteiger partial charge in [-0.2, -0.15) is 0 Å². The number of rotatable bonds is 4. The van der Waals surface area contributed by atoms with Crippen molar-refractivity contribution in [1.82, 2.24) is 4.90 Å². The highest BCUT2D eigenvalue weighted by Crippen LogP contribution is 2.23. The van der Waals surface area contributed by atoms with Crippen LogP contribution in [0.4, 0.5) is 5.69 Å². The first-order valence-corrected chi connectivity index (χ1v) is 7.07. The fourth-order valence-corrected chi connectivity index (χ4v) is 2.40. The zero-order chi connectivity index (χ0) is 14.7. The molecule has 1 heterocycles. The van der Waals surface area contributed by atoms with E-state index in [0.717, 1.165) is 30.2 Å². The second-order valence-corrected chi connectivity index (χ2v) is 5.18. The van der Waals surface area contributed by atoms with Crippen LogP contribution in [0.3, 0.4) is 0 Å². The Labute approximate surface area is 124 Å². The largest absolute Gasteiger partial charge is 0.457 e. The standard InChI is InChI=1S/C17H18N2O2/c1-19-12-11-16(17(19)20)18-13-7-9-15(10-8-13)21-14-5-3-2-4-6-14/h2-10,16,18H,11-12H2,1H3. The molecule has 1 aliphatic heterocycles. The SMILES string of the molecule is CN1CCC(Nc2ccc(Oc3ccccc3)cc2)C1=O. The van der Waals surface area contributed by atoms with Crippen molar-refractivity contribution in [1.29, 1.82) is 0 Å². The van der Waals surface area contributed by atoms with Gasteiger partial charge in [0.15, 0.2) is 0 Å². The molecule has 2 aromatic carbocycles. The first-order chi connectivity index (χ1) is 10.2. The van der Waals surface area contributed by atoms with Crippen LogP contribution >= 0.6 is 0 Å². The third-order valence-corrected chi connectivity index (χ3v) is 3.60. The van der Waals surface area contributed by atoms with Gasteiger partial charge in [-0.25, -0.2) is 0 Å². The second-order valence-electron chi connectivity index (χ2n) is 5.18. The molecule has 4 heteroatoms. The minimum absolute atomic E-state index is 0.115. The molecule has 0 bridgehead atoms. The van der Waals surface area contributed by atoms with E-state index in [4.69, 9.17) is 4.74 Å². The smallest absolute Gasteiger partial charge is 0.244 e. The molecule has 1 saturated heterocycles. The van der Waals surface area contributed by atoms with Crippen LogP contribution in [0.1, 0.15) is 6.42 Å². The number of nitrogens with zero attached hydrogens (tertiary/aromatic N) is 1. The summed E-state index contributed by atoms with van der Waals surface area (Å²) in [6.45, 7) is 0.811. The van der Waals surface area contributed by atoms with Crippen molar-refractivity contribution in [3.8, 4) is 11.5 Å². The van der Waals surface area contributed by atoms with Gasteiger partial charge in [-0.05, 0) is 42.8 Å². The van der Waals surface area contributed by atoms with E-state index in [-0.39, 0.29) is 11.9 Å². The van der Waals surface area contributed by atoms with E-state index in [9.17, 15) is 4.79 Å². The molecule has 1 amide bonds. The van der Waals surface area contributed by atoms with Gasteiger partial charge in [0, 0.05) is 19.3 Å². The van der Waals surface area contributed by atoms with Gasteiger partial charge < -0.3 is 15.0 Å². The summed E-state index contributed by atoms with van der Waals surface area (Å²) in [7, 11) is 1.83. The fourth-order valence-electron chi connectivity index (χ4n) is 2.40. The van der Waals surface area contributed by atoms with Crippen molar-refractivity contribution < 1.29 is 9.53 Å². The lowest BCUT2D eigenvalue weighted by Crippen LogP contribution is -2.30. The Hall–Kier alpha value is -2.49. The fraction of sp³-hybridized carbons (Fsp3) is 0.235. The first kappa shape index (κ1) is 13.5. The average Bonchev–Trinajstić information content (AvgIpc) is 2.82. The van der Waals surface area contributed by atoms with Gasteiger partial charge in [0.1, 0.15) is 17.5 Å². The molecule has 1 atom stereocenters. The summed E-state index contributed by atoms with van der Waals surface area (Å²) >= 11 is 0. The minimum Gasteiger partial charge on any atom is -0.457 e. The van der Waals surface area contributed by atoms with Crippen LogP contribution in [0.2, 0.25) is 0 Å². The maximum absolute atomic E-state index is 11.9. The van der Waals surface area contributed by atoms with E-state index in [0.29, 0.717) is 0 Å². The highest BCUT2D eigenvalue weighted by Gasteiger charge is 2.28. The Kier molecular flexibility index (Phi) is 3.77. The van der Waals surface area contributed by atoms with E-state index >= 15 is 0 Å². The first-order valence-electron chi connectivity index (χ1n) is 7.07. The Morgan fingerprint density at radius 1 is 1.05 bits per heavy atom. The highest BCUT2D eigenvalue weighted by atomic mass is 16.5. The van der Waals surface area contributed by atoms with Crippen molar-refractivity contribution in [2.45, 2.75) is 12.5 Å². The molecule has 0 radical (unpaired) electrons. The summed E-state index contributed by atoms with van der Waals surface area (Å²) in [6, 6.07) is 17.2. The van der Waals surface area contributed by atoms with Crippen LogP contribution in [0, 0.1) is 0 Å². The normalized spacial score (nSPS) is 17.9. The van der Waals surface area contributed by atoms with Crippen LogP contribution in [-0.2, 0) is 4.79 Å². The monoisotopic (exact) mass is 282 g/mol. The lowest BCUT2D eigenvalue weighted by atomic mass is 10.2. The van der Waals surface area contributed by atoms with Crippen molar-refractivity contribution in [2.24, 2.45) is 0 Å². The molecular formula is C17H18N2O2. The number of benzene rings is 2. The number of nitrogens with one attached hydrogen (secondary N) is 1. The number of amides is 1. The molecular weight excluding hydrogens is 264 g/mol. The summed E-state index contributed by atoms with van der Waals surface area (Å²) in [5.74, 6) is 1.74. The third-order valence-electron chi connectivity index (χ3n) is 3.60. The molecule has 1 unspecified atom stereocenters. The van der Waals surface area contributed by atoms with Crippen molar-refractivity contribution in [3.63, 3.8) is 0 Å². The molecule has 1 fully saturated rings. The Morgan fingerprint density at radius 2 is 1.71 bits per heavy atom. The lowest BCUT2D eigenvalue weighted by molar-refractivity contribution is -0.127. The number of hydrogen-bond acceptors (Lipinski definition) is 3. The average molecular weight is 282 g/mol. The lowest BCUT2D eigenvalue weighted by Gasteiger charge is -2.14. The zero-order valence-electron chi connectivity index (χ0n) is 12.0. The number of carbonyl (C=O) groups is 1. The predicted molar refractivity (Wildman–Crippen MR) is 82.6 cm³/mol. The molecule has 0 aliphatic carbocycles. The molecule has 1 N–H and O–H groups in total. The van der Waals surface area contributed by atoms with Gasteiger partial charge in [0.25, 0.3) is 0 Å². The van der Waals surface area contributed by atoms with E-state index in [1.165, 1.54) is 0 Å². The number of para-hydroxylation sites is 1. The summed E-state index contributed by atoms with van der Waals surface area (Å²) in [5, 5.41) is 3.27. The van der Waals surface area contributed by atoms with E-state index in [1.807, 2.05) is 61.6 Å². The van der Waals surface area contributed by atoms with Crippen molar-refractivity contribution in [2.75, 3.05) is 18.9 Å². The summed E-state index contributed by atoms with van der Waals surface area (Å²) in [4.78, 5) is 13.6. The number of anilines is 1. The van der Waals surface area contributed by atoms with Gasteiger partial charge in [-0.15, -0.1) is 0 Å². The molecule has 2 aromatic rings. The minimum atomic E-state index is -0.115. The Balaban J connectivity index is 1.63. The van der Waals surface area contributed by atoms with Gasteiger partial charge in [-0.3, -0.25) is 4.79 Å². The number of hydrogen-bond donors (Lipinski definition) is 1. The number of likely N-dealkylation sites (tertiary alicyclic amines) is 1. The maximum atomic E-state index is 11.9. The molecule has 3 rings (SSSR count). The summed E-state index contributed by atoms with van der Waals surface area (Å²) in [5.41, 5.74) is 0.934. The molecule has 0 spiro atoms. The molecule has 21 heavy (non-hydrogen) atoms. The molecule has 0 aromatic heterocycles. The van der Waals surface area contributed by atoms with Crippen LogP contribution in [-0.4, -0.2) is 30.4 Å². The van der Waals surface area contributed by atoms with Gasteiger partial charge in [0.2, 0.25) is 5.91 Å². The van der Waals surface area contributed by atoms with Crippen molar-refractivity contribution in [3.05, 3.63) is 54.6 Å². The number of likely N-dealkylation sites (N-methyl/N-ethyl adjacent to an activating group) is 1. The molecule has 1 aliphatic rings. The van der Waals surface area contributed by atoms with E-state index < -0.39 is 0 Å². The molecule has 0 saturated carbocycles. The highest BCUT2D eigenvalue weighted by molar-refractivity contribution is 5.86. The second kappa shape index (κ2) is 5.87. The Morgan fingerprint density at radius 3 is 2.33 bits per heavy atom. The quantitative estimate of drug-likeness (QED) is 0.936. The van der Waals surface area contributed by atoms with Gasteiger partial charge in [-0.1, -0.05) is 18.2 Å². The topological polar surface area (TPSA) is 41.6 Å². The van der Waals surface area contributed by atoms with Gasteiger partial charge in [0.05, 0.1) is 0 Å². The summed E-state index contributed by atoms with van der Waals surface area (Å²) in [6.07, 6.45) is 0.845. The van der Waals surface area contributed by atoms with E-state index in [1.54, 1.807) is 4.90 Å². The van der Waals surface area contributed by atoms with E-state index in [2.05, 4.69) is 5.32 Å². The zero-order valence-corrected chi connectivity index (χ0v) is 12.0. The third kappa shape index (κ3) is 3.16. The van der Waals surface area contributed by atoms with Crippen LogP contribution in [0.5, 0.6) is 11.5 Å². The number of carbonyl (C=O) groups excluding carboxylic acids is 1. The van der Waals surface area contributed by atoms with Crippen LogP contribution < -0.4 is 10.1 Å². The molecule has 4 nitrogen and oxygen atoms in total.